The number of carbonyl (C=O) groups excluding carboxylic acids is 2. The minimum atomic E-state index is -0.204. The highest BCUT2D eigenvalue weighted by molar-refractivity contribution is 6.06. The molecule has 1 amide bonds. The van der Waals surface area contributed by atoms with Gasteiger partial charge in [0.25, 0.3) is 5.91 Å². The van der Waals surface area contributed by atoms with Gasteiger partial charge in [0.15, 0.2) is 5.82 Å². The van der Waals surface area contributed by atoms with E-state index in [2.05, 4.69) is 15.3 Å². The van der Waals surface area contributed by atoms with E-state index in [1.165, 1.54) is 6.08 Å². The molecule has 142 valence electrons. The number of benzene rings is 3. The number of ketones is 1. The number of imidazole rings is 1. The first-order valence-corrected chi connectivity index (χ1v) is 9.24. The predicted molar refractivity (Wildman–Crippen MR) is 115 cm³/mol. The third-order valence-corrected chi connectivity index (χ3v) is 4.50. The summed E-state index contributed by atoms with van der Waals surface area (Å²) in [6.07, 6.45) is 3.18. The summed E-state index contributed by atoms with van der Waals surface area (Å²) in [6, 6.07) is 22.2. The monoisotopic (exact) mass is 381 g/mol. The van der Waals surface area contributed by atoms with Crippen molar-refractivity contribution in [2.45, 2.75) is 6.92 Å². The van der Waals surface area contributed by atoms with E-state index in [-0.39, 0.29) is 11.7 Å². The van der Waals surface area contributed by atoms with E-state index in [0.29, 0.717) is 11.4 Å². The fourth-order valence-electron chi connectivity index (χ4n) is 2.96. The average molecular weight is 381 g/mol. The Hall–Kier alpha value is -3.99. The number of aromatic nitrogens is 2. The Bertz CT molecular complexity index is 1210. The number of aryl methyl sites for hydroxylation is 1. The molecule has 3 aromatic carbocycles. The normalized spacial score (nSPS) is 11.1. The van der Waals surface area contributed by atoms with E-state index in [0.717, 1.165) is 27.8 Å². The zero-order valence-corrected chi connectivity index (χ0v) is 15.8. The van der Waals surface area contributed by atoms with Gasteiger partial charge >= 0.3 is 0 Å². The maximum absolute atomic E-state index is 12.4. The second kappa shape index (κ2) is 7.94. The summed E-state index contributed by atoms with van der Waals surface area (Å²) in [5.74, 6) is -0.0779. The Morgan fingerprint density at radius 2 is 1.72 bits per heavy atom. The largest absolute Gasteiger partial charge is 0.335 e. The molecule has 0 aliphatic rings. The van der Waals surface area contributed by atoms with Gasteiger partial charge in [0.05, 0.1) is 11.0 Å². The molecule has 0 radical (unpaired) electrons. The van der Waals surface area contributed by atoms with Gasteiger partial charge in [-0.1, -0.05) is 42.5 Å². The van der Waals surface area contributed by atoms with Crippen molar-refractivity contribution in [2.75, 3.05) is 5.32 Å². The topological polar surface area (TPSA) is 74.8 Å². The summed E-state index contributed by atoms with van der Waals surface area (Å²) >= 11 is 0. The first-order chi connectivity index (χ1) is 14.1. The van der Waals surface area contributed by atoms with Crippen LogP contribution in [0, 0.1) is 6.92 Å². The Balaban J connectivity index is 1.44. The summed E-state index contributed by atoms with van der Waals surface area (Å²) in [7, 11) is 0. The van der Waals surface area contributed by atoms with Gasteiger partial charge in [0, 0.05) is 11.3 Å². The SMILES string of the molecule is Cc1ccc2nc(C(=O)C=Cc3ccc(C(=O)Nc4ccccc4)cc3)[nH]c2c1. The van der Waals surface area contributed by atoms with Crippen molar-refractivity contribution in [3.63, 3.8) is 0 Å². The number of nitrogens with zero attached hydrogens (tertiary/aromatic N) is 1. The second-order valence-corrected chi connectivity index (χ2v) is 6.75. The molecule has 1 heterocycles. The van der Waals surface area contributed by atoms with Crippen molar-refractivity contribution < 1.29 is 9.59 Å². The van der Waals surface area contributed by atoms with Crippen molar-refractivity contribution in [1.29, 1.82) is 0 Å². The Labute approximate surface area is 168 Å². The lowest BCUT2D eigenvalue weighted by Crippen LogP contribution is -2.11. The number of anilines is 1. The van der Waals surface area contributed by atoms with Crippen LogP contribution in [-0.4, -0.2) is 21.7 Å². The highest BCUT2D eigenvalue weighted by Crippen LogP contribution is 2.15. The number of para-hydroxylation sites is 1. The van der Waals surface area contributed by atoms with Gasteiger partial charge < -0.3 is 10.3 Å². The minimum absolute atomic E-state index is 0.180. The molecule has 0 bridgehead atoms. The standard InChI is InChI=1S/C24H19N3O2/c1-16-7-13-20-21(15-16)27-23(26-20)22(28)14-10-17-8-11-18(12-9-17)24(29)25-19-5-3-2-4-6-19/h2-15H,1H3,(H,25,29)(H,26,27). The lowest BCUT2D eigenvalue weighted by Gasteiger charge is -2.05. The summed E-state index contributed by atoms with van der Waals surface area (Å²) in [5.41, 5.74) is 4.82. The molecule has 0 unspecified atom stereocenters. The van der Waals surface area contributed by atoms with Crippen LogP contribution in [0.5, 0.6) is 0 Å². The van der Waals surface area contributed by atoms with Gasteiger partial charge in [0.2, 0.25) is 5.78 Å². The van der Waals surface area contributed by atoms with Crippen LogP contribution in [0.15, 0.2) is 78.9 Å². The summed E-state index contributed by atoms with van der Waals surface area (Å²) in [5, 5.41) is 2.84. The van der Waals surface area contributed by atoms with Crippen LogP contribution in [0.2, 0.25) is 0 Å². The molecule has 0 aliphatic carbocycles. The molecule has 0 saturated heterocycles. The Kier molecular flexibility index (Phi) is 5.03. The fraction of sp³-hybridized carbons (Fsp3) is 0.0417. The van der Waals surface area contributed by atoms with Gasteiger partial charge in [-0.05, 0) is 60.5 Å². The number of H-pyrrole nitrogens is 1. The third-order valence-electron chi connectivity index (χ3n) is 4.50. The molecule has 5 heteroatoms. The van der Waals surface area contributed by atoms with E-state index in [1.54, 1.807) is 30.3 Å². The second-order valence-electron chi connectivity index (χ2n) is 6.75. The fourth-order valence-corrected chi connectivity index (χ4v) is 2.96. The van der Waals surface area contributed by atoms with Gasteiger partial charge in [-0.25, -0.2) is 4.98 Å². The van der Waals surface area contributed by atoms with Gasteiger partial charge in [0.1, 0.15) is 0 Å². The molecule has 5 nitrogen and oxygen atoms in total. The molecule has 0 saturated carbocycles. The zero-order chi connectivity index (χ0) is 20.2. The van der Waals surface area contributed by atoms with Crippen molar-refractivity contribution in [1.82, 2.24) is 9.97 Å². The zero-order valence-electron chi connectivity index (χ0n) is 15.8. The number of rotatable bonds is 5. The summed E-state index contributed by atoms with van der Waals surface area (Å²) in [4.78, 5) is 32.1. The first kappa shape index (κ1) is 18.4. The molecule has 0 fully saturated rings. The number of hydrogen-bond acceptors (Lipinski definition) is 3. The summed E-state index contributed by atoms with van der Waals surface area (Å²) < 4.78 is 0. The molecule has 2 N–H and O–H groups in total. The van der Waals surface area contributed by atoms with E-state index < -0.39 is 0 Å². The molecular formula is C24H19N3O2. The van der Waals surface area contributed by atoms with Crippen LogP contribution >= 0.6 is 0 Å². The third kappa shape index (κ3) is 4.30. The lowest BCUT2D eigenvalue weighted by molar-refractivity contribution is 0.102. The number of fused-ring (bicyclic) bond motifs is 1. The number of hydrogen-bond donors (Lipinski definition) is 2. The van der Waals surface area contributed by atoms with Crippen LogP contribution in [0.3, 0.4) is 0 Å². The van der Waals surface area contributed by atoms with Crippen molar-refractivity contribution in [3.05, 3.63) is 101 Å². The number of aromatic amines is 1. The minimum Gasteiger partial charge on any atom is -0.335 e. The summed E-state index contributed by atoms with van der Waals surface area (Å²) in [6.45, 7) is 1.99. The molecule has 29 heavy (non-hydrogen) atoms. The number of amides is 1. The molecule has 1 aromatic heterocycles. The average Bonchev–Trinajstić information content (AvgIpc) is 3.16. The van der Waals surface area contributed by atoms with E-state index in [9.17, 15) is 9.59 Å². The molecular weight excluding hydrogens is 362 g/mol. The van der Waals surface area contributed by atoms with Crippen molar-refractivity contribution in [3.8, 4) is 0 Å². The van der Waals surface area contributed by atoms with E-state index in [1.807, 2.05) is 55.5 Å². The van der Waals surface area contributed by atoms with Gasteiger partial charge in [-0.15, -0.1) is 0 Å². The van der Waals surface area contributed by atoms with Crippen molar-refractivity contribution in [2.24, 2.45) is 0 Å². The van der Waals surface area contributed by atoms with E-state index in [4.69, 9.17) is 0 Å². The molecule has 4 rings (SSSR count). The van der Waals surface area contributed by atoms with Crippen LogP contribution in [-0.2, 0) is 0 Å². The van der Waals surface area contributed by atoms with Crippen LogP contribution in [0.25, 0.3) is 17.1 Å². The predicted octanol–water partition coefficient (Wildman–Crippen LogP) is 5.02. The van der Waals surface area contributed by atoms with Gasteiger partial charge in [-0.3, -0.25) is 9.59 Å². The Morgan fingerprint density at radius 3 is 2.48 bits per heavy atom. The lowest BCUT2D eigenvalue weighted by atomic mass is 10.1. The Morgan fingerprint density at radius 1 is 0.966 bits per heavy atom. The first-order valence-electron chi connectivity index (χ1n) is 9.24. The molecule has 0 atom stereocenters. The highest BCUT2D eigenvalue weighted by Gasteiger charge is 2.09. The number of nitrogens with one attached hydrogen (secondary N) is 2. The van der Waals surface area contributed by atoms with Crippen LogP contribution in [0.4, 0.5) is 5.69 Å². The molecule has 0 aliphatic heterocycles. The van der Waals surface area contributed by atoms with E-state index >= 15 is 0 Å². The quantitative estimate of drug-likeness (QED) is 0.376. The number of allylic oxidation sites excluding steroid dienone is 1. The highest BCUT2D eigenvalue weighted by atomic mass is 16.1. The van der Waals surface area contributed by atoms with Crippen molar-refractivity contribution >= 4 is 34.5 Å². The number of carbonyl (C=O) groups is 2. The van der Waals surface area contributed by atoms with Crippen LogP contribution in [0.1, 0.15) is 32.1 Å². The molecule has 0 spiro atoms. The smallest absolute Gasteiger partial charge is 0.255 e. The van der Waals surface area contributed by atoms with Gasteiger partial charge in [-0.2, -0.15) is 0 Å². The molecule has 4 aromatic rings. The maximum atomic E-state index is 12.4. The van der Waals surface area contributed by atoms with Crippen LogP contribution < -0.4 is 5.32 Å². The maximum Gasteiger partial charge on any atom is 0.255 e.